The summed E-state index contributed by atoms with van der Waals surface area (Å²) in [6.45, 7) is 7.95. The molecule has 1 atom stereocenters. The lowest BCUT2D eigenvalue weighted by Crippen LogP contribution is -2.43. The predicted octanol–water partition coefficient (Wildman–Crippen LogP) is -0.00610. The number of H-pyrrole nitrogens is 1. The molecular weight excluding hydrogens is 234 g/mol. The molecule has 0 radical (unpaired) electrons. The third-order valence-electron chi connectivity index (χ3n) is 2.54. The van der Waals surface area contributed by atoms with Gasteiger partial charge in [0, 0.05) is 19.6 Å². The molecule has 0 aliphatic carbocycles. The number of hydrogen-bond donors (Lipinski definition) is 3. The minimum Gasteiger partial charge on any atom is -0.455 e. The molecule has 0 spiro atoms. The number of ether oxygens (including phenoxy) is 1. The van der Waals surface area contributed by atoms with Gasteiger partial charge >= 0.3 is 5.97 Å². The molecule has 2 rings (SSSR count). The smallest absolute Gasteiger partial charge is 0.361 e. The summed E-state index contributed by atoms with van der Waals surface area (Å²) in [6, 6.07) is -0.0139. The van der Waals surface area contributed by atoms with E-state index in [2.05, 4.69) is 26.0 Å². The fraction of sp³-hybridized carbons (Fsp3) is 0.727. The number of carbonyl (C=O) groups is 1. The maximum Gasteiger partial charge on any atom is 0.361 e. The number of hydrogen-bond acceptors (Lipinski definition) is 6. The van der Waals surface area contributed by atoms with Crippen molar-refractivity contribution in [2.45, 2.75) is 32.4 Å². The molecule has 1 aliphatic heterocycles. The van der Waals surface area contributed by atoms with Crippen molar-refractivity contribution in [3.05, 3.63) is 11.4 Å². The Morgan fingerprint density at radius 2 is 2.11 bits per heavy atom. The van der Waals surface area contributed by atoms with E-state index in [9.17, 15) is 4.79 Å². The molecule has 1 aromatic rings. The molecule has 0 saturated carbocycles. The summed E-state index contributed by atoms with van der Waals surface area (Å²) < 4.78 is 5.30. The van der Waals surface area contributed by atoms with E-state index in [1.54, 1.807) is 0 Å². The Labute approximate surface area is 106 Å². The van der Waals surface area contributed by atoms with E-state index in [1.165, 1.54) is 0 Å². The number of nitrogens with zero attached hydrogens (tertiary/aromatic N) is 2. The van der Waals surface area contributed by atoms with E-state index in [1.807, 2.05) is 20.8 Å². The summed E-state index contributed by atoms with van der Waals surface area (Å²) in [5, 5.41) is 17.0. The zero-order chi connectivity index (χ0) is 13.2. The van der Waals surface area contributed by atoms with Crippen LogP contribution >= 0.6 is 0 Å². The lowest BCUT2D eigenvalue weighted by Gasteiger charge is -2.24. The fourth-order valence-electron chi connectivity index (χ4n) is 1.81. The minimum absolute atomic E-state index is 0.0139. The van der Waals surface area contributed by atoms with Crippen LogP contribution in [-0.2, 0) is 4.74 Å². The number of rotatable bonds is 2. The van der Waals surface area contributed by atoms with Crippen molar-refractivity contribution >= 4 is 5.97 Å². The molecule has 3 N–H and O–H groups in total. The highest BCUT2D eigenvalue weighted by Gasteiger charge is 2.28. The van der Waals surface area contributed by atoms with Crippen LogP contribution in [0, 0.1) is 0 Å². The molecule has 0 amide bonds. The lowest BCUT2D eigenvalue weighted by molar-refractivity contribution is 0.00606. The average molecular weight is 253 g/mol. The van der Waals surface area contributed by atoms with Gasteiger partial charge in [-0.15, -0.1) is 5.10 Å². The molecule has 1 aromatic heterocycles. The van der Waals surface area contributed by atoms with Gasteiger partial charge in [-0.2, -0.15) is 10.3 Å². The van der Waals surface area contributed by atoms with E-state index in [-0.39, 0.29) is 11.7 Å². The summed E-state index contributed by atoms with van der Waals surface area (Å²) >= 11 is 0. The van der Waals surface area contributed by atoms with E-state index in [4.69, 9.17) is 4.74 Å². The number of nitrogens with one attached hydrogen (secondary N) is 3. The maximum absolute atomic E-state index is 12.0. The molecule has 2 heterocycles. The van der Waals surface area contributed by atoms with Crippen molar-refractivity contribution in [1.29, 1.82) is 0 Å². The van der Waals surface area contributed by atoms with Crippen molar-refractivity contribution in [1.82, 2.24) is 26.0 Å². The monoisotopic (exact) mass is 253 g/mol. The van der Waals surface area contributed by atoms with E-state index < -0.39 is 11.6 Å². The summed E-state index contributed by atoms with van der Waals surface area (Å²) in [6.07, 6.45) is 0. The van der Waals surface area contributed by atoms with Crippen LogP contribution in [0.1, 0.15) is 43.0 Å². The molecule has 0 aromatic carbocycles. The molecule has 7 heteroatoms. The van der Waals surface area contributed by atoms with Gasteiger partial charge in [-0.1, -0.05) is 0 Å². The molecule has 1 saturated heterocycles. The predicted molar refractivity (Wildman–Crippen MR) is 65.2 cm³/mol. The molecule has 1 fully saturated rings. The molecule has 1 unspecified atom stereocenters. The van der Waals surface area contributed by atoms with Crippen LogP contribution in [0.2, 0.25) is 0 Å². The van der Waals surface area contributed by atoms with Gasteiger partial charge in [0.2, 0.25) is 0 Å². The topological polar surface area (TPSA) is 91.9 Å². The highest BCUT2D eigenvalue weighted by molar-refractivity contribution is 5.88. The third-order valence-corrected chi connectivity index (χ3v) is 2.54. The van der Waals surface area contributed by atoms with Crippen LogP contribution in [0.15, 0.2) is 0 Å². The van der Waals surface area contributed by atoms with Crippen LogP contribution in [0.4, 0.5) is 0 Å². The first-order valence-corrected chi connectivity index (χ1v) is 6.05. The number of esters is 1. The largest absolute Gasteiger partial charge is 0.455 e. The zero-order valence-electron chi connectivity index (χ0n) is 10.9. The summed E-state index contributed by atoms with van der Waals surface area (Å²) in [7, 11) is 0. The standard InChI is InChI=1S/C11H19N5O2/c1-11(2,3)18-10(17)9-8(14-16-15-9)7-6-12-4-5-13-7/h7,12-13H,4-6H2,1-3H3,(H,14,15,16). The molecule has 100 valence electrons. The quantitative estimate of drug-likeness (QED) is 0.642. The molecule has 18 heavy (non-hydrogen) atoms. The van der Waals surface area contributed by atoms with E-state index in [0.717, 1.165) is 19.6 Å². The Morgan fingerprint density at radius 1 is 1.33 bits per heavy atom. The SMILES string of the molecule is CC(C)(C)OC(=O)c1n[nH]nc1C1CNCCN1. The van der Waals surface area contributed by atoms with Crippen LogP contribution in [-0.4, -0.2) is 46.6 Å². The Hall–Kier alpha value is -1.47. The molecule has 1 aliphatic rings. The Balaban J connectivity index is 2.14. The summed E-state index contributed by atoms with van der Waals surface area (Å²) in [5.41, 5.74) is 0.327. The van der Waals surface area contributed by atoms with E-state index in [0.29, 0.717) is 5.69 Å². The van der Waals surface area contributed by atoms with Crippen LogP contribution in [0.3, 0.4) is 0 Å². The zero-order valence-corrected chi connectivity index (χ0v) is 10.9. The van der Waals surface area contributed by atoms with Gasteiger partial charge in [-0.25, -0.2) is 4.79 Å². The van der Waals surface area contributed by atoms with Gasteiger partial charge in [-0.05, 0) is 20.8 Å². The van der Waals surface area contributed by atoms with Gasteiger partial charge in [0.05, 0.1) is 6.04 Å². The van der Waals surface area contributed by atoms with Gasteiger partial charge in [-0.3, -0.25) is 0 Å². The summed E-state index contributed by atoms with van der Waals surface area (Å²) in [4.78, 5) is 12.0. The van der Waals surface area contributed by atoms with Crippen molar-refractivity contribution in [2.75, 3.05) is 19.6 Å². The summed E-state index contributed by atoms with van der Waals surface area (Å²) in [5.74, 6) is -0.446. The first-order chi connectivity index (χ1) is 8.47. The number of aromatic amines is 1. The van der Waals surface area contributed by atoms with Crippen LogP contribution in [0.25, 0.3) is 0 Å². The van der Waals surface area contributed by atoms with Gasteiger partial charge in [0.25, 0.3) is 0 Å². The van der Waals surface area contributed by atoms with Gasteiger partial charge in [0.15, 0.2) is 5.69 Å². The Kier molecular flexibility index (Phi) is 3.63. The molecule has 7 nitrogen and oxygen atoms in total. The second kappa shape index (κ2) is 5.03. The fourth-order valence-corrected chi connectivity index (χ4v) is 1.81. The maximum atomic E-state index is 12.0. The highest BCUT2D eigenvalue weighted by atomic mass is 16.6. The van der Waals surface area contributed by atoms with Gasteiger partial charge in [0.1, 0.15) is 11.3 Å². The molecular formula is C11H19N5O2. The second-order valence-electron chi connectivity index (χ2n) is 5.27. The van der Waals surface area contributed by atoms with Gasteiger partial charge < -0.3 is 15.4 Å². The first kappa shape index (κ1) is 13.0. The van der Waals surface area contributed by atoms with Crippen molar-refractivity contribution < 1.29 is 9.53 Å². The Morgan fingerprint density at radius 3 is 2.72 bits per heavy atom. The van der Waals surface area contributed by atoms with Crippen molar-refractivity contribution in [3.63, 3.8) is 0 Å². The van der Waals surface area contributed by atoms with Crippen LogP contribution < -0.4 is 10.6 Å². The number of piperazine rings is 1. The highest BCUT2D eigenvalue weighted by Crippen LogP contribution is 2.17. The first-order valence-electron chi connectivity index (χ1n) is 6.05. The van der Waals surface area contributed by atoms with Crippen molar-refractivity contribution in [3.8, 4) is 0 Å². The average Bonchev–Trinajstić information content (AvgIpc) is 2.76. The van der Waals surface area contributed by atoms with Crippen molar-refractivity contribution in [2.24, 2.45) is 0 Å². The van der Waals surface area contributed by atoms with E-state index >= 15 is 0 Å². The lowest BCUT2D eigenvalue weighted by atomic mass is 10.1. The molecule has 0 bridgehead atoms. The Bertz CT molecular complexity index is 417. The third kappa shape index (κ3) is 3.05. The number of carbonyl (C=O) groups excluding carboxylic acids is 1. The van der Waals surface area contributed by atoms with Crippen LogP contribution in [0.5, 0.6) is 0 Å². The number of aromatic nitrogens is 3. The minimum atomic E-state index is -0.536. The second-order valence-corrected chi connectivity index (χ2v) is 5.27. The normalized spacial score (nSPS) is 20.7.